The summed E-state index contributed by atoms with van der Waals surface area (Å²) in [6.07, 6.45) is 2.12. The minimum absolute atomic E-state index is 0. The molecule has 0 radical (unpaired) electrons. The highest BCUT2D eigenvalue weighted by molar-refractivity contribution is 14.0. The van der Waals surface area contributed by atoms with Crippen LogP contribution in [0.15, 0.2) is 53.5 Å². The van der Waals surface area contributed by atoms with Crippen molar-refractivity contribution in [2.45, 2.75) is 26.8 Å². The van der Waals surface area contributed by atoms with E-state index in [4.69, 9.17) is 9.73 Å². The van der Waals surface area contributed by atoms with Crippen molar-refractivity contribution in [1.82, 2.24) is 14.9 Å². The van der Waals surface area contributed by atoms with Gasteiger partial charge in [-0.3, -0.25) is 0 Å². The Morgan fingerprint density at radius 3 is 2.59 bits per heavy atom. The first-order chi connectivity index (χ1) is 14.8. The molecule has 0 saturated carbocycles. The van der Waals surface area contributed by atoms with E-state index in [1.165, 1.54) is 6.26 Å². The van der Waals surface area contributed by atoms with E-state index in [9.17, 15) is 8.42 Å². The molecule has 0 aliphatic carbocycles. The van der Waals surface area contributed by atoms with Crippen LogP contribution in [0.2, 0.25) is 0 Å². The molecule has 2 aromatic carbocycles. The van der Waals surface area contributed by atoms with Crippen molar-refractivity contribution in [1.29, 1.82) is 0 Å². The minimum Gasteiger partial charge on any atom is -0.457 e. The smallest absolute Gasteiger partial charge is 0.211 e. The molecule has 176 valence electrons. The van der Waals surface area contributed by atoms with E-state index >= 15 is 0 Å². The number of hydrogen-bond donors (Lipinski definition) is 2. The number of benzene rings is 2. The van der Waals surface area contributed by atoms with Crippen LogP contribution in [0.4, 0.5) is 0 Å². The number of guanidine groups is 1. The Bertz CT molecular complexity index is 1000. The van der Waals surface area contributed by atoms with Crippen molar-refractivity contribution >= 4 is 40.0 Å². The zero-order valence-electron chi connectivity index (χ0n) is 18.9. The maximum absolute atomic E-state index is 11.7. The number of nitrogens with one attached hydrogen (secondary N) is 2. The van der Waals surface area contributed by atoms with Gasteiger partial charge in [-0.2, -0.15) is 0 Å². The van der Waals surface area contributed by atoms with Gasteiger partial charge >= 0.3 is 0 Å². The fourth-order valence-electron chi connectivity index (χ4n) is 3.51. The number of ether oxygens (including phenoxy) is 1. The van der Waals surface area contributed by atoms with E-state index in [-0.39, 0.29) is 29.9 Å². The first-order valence-corrected chi connectivity index (χ1v) is 12.5. The molecule has 7 nitrogen and oxygen atoms in total. The van der Waals surface area contributed by atoms with Gasteiger partial charge in [-0.25, -0.2) is 17.7 Å². The zero-order chi connectivity index (χ0) is 22.3. The summed E-state index contributed by atoms with van der Waals surface area (Å²) in [5.41, 5.74) is 2.12. The summed E-state index contributed by atoms with van der Waals surface area (Å²) >= 11 is 0. The maximum atomic E-state index is 11.7. The molecule has 32 heavy (non-hydrogen) atoms. The lowest BCUT2D eigenvalue weighted by molar-refractivity contribution is 0.459. The molecule has 0 bridgehead atoms. The molecule has 1 heterocycles. The van der Waals surface area contributed by atoms with E-state index in [0.29, 0.717) is 32.1 Å². The average Bonchev–Trinajstić information content (AvgIpc) is 3.22. The van der Waals surface area contributed by atoms with Gasteiger partial charge in [0.05, 0.1) is 12.8 Å². The van der Waals surface area contributed by atoms with Crippen LogP contribution in [-0.2, 0) is 16.6 Å². The third kappa shape index (κ3) is 7.93. The summed E-state index contributed by atoms with van der Waals surface area (Å²) in [6, 6.07) is 15.8. The van der Waals surface area contributed by atoms with E-state index in [1.807, 2.05) is 56.3 Å². The number of aliphatic imine (C=N–C) groups is 1. The lowest BCUT2D eigenvalue weighted by Crippen LogP contribution is -2.40. The van der Waals surface area contributed by atoms with Gasteiger partial charge in [-0.05, 0) is 49.9 Å². The van der Waals surface area contributed by atoms with Crippen LogP contribution in [0.5, 0.6) is 11.5 Å². The van der Waals surface area contributed by atoms with Gasteiger partial charge < -0.3 is 15.4 Å². The summed E-state index contributed by atoms with van der Waals surface area (Å²) in [4.78, 5) is 4.73. The number of hydrogen-bond acceptors (Lipinski definition) is 4. The molecular formula is C23H33IN4O3S. The van der Waals surface area contributed by atoms with Crippen LogP contribution in [0.25, 0.3) is 0 Å². The maximum Gasteiger partial charge on any atom is 0.211 e. The largest absolute Gasteiger partial charge is 0.457 e. The Morgan fingerprint density at radius 2 is 1.94 bits per heavy atom. The molecule has 1 saturated heterocycles. The molecule has 2 aromatic rings. The monoisotopic (exact) mass is 572 g/mol. The molecule has 1 aliphatic rings. The third-order valence-electron chi connectivity index (χ3n) is 5.22. The Kier molecular flexibility index (Phi) is 10.2. The van der Waals surface area contributed by atoms with Gasteiger partial charge in [0, 0.05) is 31.7 Å². The fourth-order valence-corrected chi connectivity index (χ4v) is 4.43. The van der Waals surface area contributed by atoms with Crippen molar-refractivity contribution in [3.8, 4) is 11.5 Å². The number of halogens is 1. The first-order valence-electron chi connectivity index (χ1n) is 10.6. The molecule has 1 unspecified atom stereocenters. The average molecular weight is 573 g/mol. The summed E-state index contributed by atoms with van der Waals surface area (Å²) in [6.45, 7) is 7.09. The first kappa shape index (κ1) is 26.4. The Morgan fingerprint density at radius 1 is 1.19 bits per heavy atom. The van der Waals surface area contributed by atoms with Gasteiger partial charge in [-0.1, -0.05) is 30.3 Å². The highest BCUT2D eigenvalue weighted by Gasteiger charge is 2.28. The van der Waals surface area contributed by atoms with Crippen molar-refractivity contribution in [3.63, 3.8) is 0 Å². The number of sulfonamides is 1. The molecule has 3 rings (SSSR count). The van der Waals surface area contributed by atoms with Gasteiger partial charge in [0.2, 0.25) is 10.0 Å². The van der Waals surface area contributed by atoms with Gasteiger partial charge in [0.1, 0.15) is 11.5 Å². The van der Waals surface area contributed by atoms with Crippen molar-refractivity contribution in [2.24, 2.45) is 10.9 Å². The second-order valence-electron chi connectivity index (χ2n) is 7.88. The standard InChI is InChI=1S/C23H32N4O3S.HI/c1-4-24-23(25-15-19-12-13-27(17-19)31(3,28)29)26-16-20-11-10-18(2)14-22(20)30-21-8-6-5-7-9-21;/h5-11,14,19H,4,12-13,15-17H2,1-3H3,(H2,24,25,26);1H. The van der Waals surface area contributed by atoms with Crippen LogP contribution in [0.3, 0.4) is 0 Å². The van der Waals surface area contributed by atoms with Gasteiger partial charge in [0.15, 0.2) is 5.96 Å². The number of nitrogens with zero attached hydrogens (tertiary/aromatic N) is 2. The summed E-state index contributed by atoms with van der Waals surface area (Å²) in [7, 11) is -3.12. The molecule has 1 atom stereocenters. The summed E-state index contributed by atoms with van der Waals surface area (Å²) < 4.78 is 31.1. The van der Waals surface area contributed by atoms with E-state index < -0.39 is 10.0 Å². The van der Waals surface area contributed by atoms with Crippen LogP contribution in [-0.4, -0.2) is 51.1 Å². The highest BCUT2D eigenvalue weighted by atomic mass is 127. The molecule has 1 aliphatic heterocycles. The summed E-state index contributed by atoms with van der Waals surface area (Å²) in [5, 5.41) is 6.63. The molecule has 9 heteroatoms. The summed E-state index contributed by atoms with van der Waals surface area (Å²) in [5.74, 6) is 2.58. The number of para-hydroxylation sites is 1. The van der Waals surface area contributed by atoms with Crippen LogP contribution in [0, 0.1) is 12.8 Å². The molecule has 0 amide bonds. The lowest BCUT2D eigenvalue weighted by Gasteiger charge is -2.16. The van der Waals surface area contributed by atoms with Crippen molar-refractivity contribution < 1.29 is 13.2 Å². The lowest BCUT2D eigenvalue weighted by atomic mass is 10.1. The predicted molar refractivity (Wildman–Crippen MR) is 140 cm³/mol. The molecule has 2 N–H and O–H groups in total. The topological polar surface area (TPSA) is 83.0 Å². The fraction of sp³-hybridized carbons (Fsp3) is 0.435. The Balaban J connectivity index is 0.00000363. The number of rotatable bonds is 8. The quantitative estimate of drug-likeness (QED) is 0.286. The highest BCUT2D eigenvalue weighted by Crippen LogP contribution is 2.27. The molecule has 1 fully saturated rings. The SMILES string of the molecule is CCNC(=NCc1ccc(C)cc1Oc1ccccc1)NCC1CCN(S(C)(=O)=O)C1.I. The second kappa shape index (κ2) is 12.4. The predicted octanol–water partition coefficient (Wildman–Crippen LogP) is 3.74. The van der Waals surface area contributed by atoms with Gasteiger partial charge in [0.25, 0.3) is 0 Å². The number of aryl methyl sites for hydroxylation is 1. The van der Waals surface area contributed by atoms with Crippen LogP contribution in [0.1, 0.15) is 24.5 Å². The Labute approximate surface area is 208 Å². The third-order valence-corrected chi connectivity index (χ3v) is 6.49. The second-order valence-corrected chi connectivity index (χ2v) is 9.86. The molecule has 0 aromatic heterocycles. The van der Waals surface area contributed by atoms with Gasteiger partial charge in [-0.15, -0.1) is 24.0 Å². The molecule has 0 spiro atoms. The van der Waals surface area contributed by atoms with E-state index in [1.54, 1.807) is 4.31 Å². The minimum atomic E-state index is -3.12. The van der Waals surface area contributed by atoms with Crippen molar-refractivity contribution in [2.75, 3.05) is 32.4 Å². The van der Waals surface area contributed by atoms with E-state index in [2.05, 4.69) is 16.7 Å². The van der Waals surface area contributed by atoms with Crippen LogP contribution < -0.4 is 15.4 Å². The van der Waals surface area contributed by atoms with E-state index in [0.717, 1.165) is 35.6 Å². The normalized spacial score (nSPS) is 17.0. The zero-order valence-corrected chi connectivity index (χ0v) is 22.0. The van der Waals surface area contributed by atoms with Crippen molar-refractivity contribution in [3.05, 3.63) is 59.7 Å². The Hall–Kier alpha value is -1.85. The molecular weight excluding hydrogens is 539 g/mol. The van der Waals surface area contributed by atoms with Crippen LogP contribution >= 0.6 is 24.0 Å².